The molecule has 1 rings (SSSR count). The van der Waals surface area contributed by atoms with Gasteiger partial charge >= 0.3 is 0 Å². The lowest BCUT2D eigenvalue weighted by Crippen LogP contribution is -2.37. The average Bonchev–Trinajstić information content (AvgIpc) is 2.31. The van der Waals surface area contributed by atoms with Gasteiger partial charge < -0.3 is 19.9 Å². The zero-order valence-corrected chi connectivity index (χ0v) is 11.6. The van der Waals surface area contributed by atoms with E-state index in [1.807, 2.05) is 26.8 Å². The second-order valence-corrected chi connectivity index (χ2v) is 4.79. The van der Waals surface area contributed by atoms with E-state index >= 15 is 0 Å². The van der Waals surface area contributed by atoms with Gasteiger partial charge in [-0.15, -0.1) is 0 Å². The molecule has 1 aromatic rings. The summed E-state index contributed by atoms with van der Waals surface area (Å²) < 4.78 is 10.7. The first-order chi connectivity index (χ1) is 8.48. The monoisotopic (exact) mass is 253 g/mol. The zero-order chi connectivity index (χ0) is 13.6. The molecule has 0 amide bonds. The molecule has 0 heterocycles. The first-order valence-electron chi connectivity index (χ1n) is 6.19. The molecule has 2 N–H and O–H groups in total. The summed E-state index contributed by atoms with van der Waals surface area (Å²) in [4.78, 5) is 0. The molecule has 0 radical (unpaired) electrons. The van der Waals surface area contributed by atoms with Crippen LogP contribution in [-0.2, 0) is 11.3 Å². The van der Waals surface area contributed by atoms with Gasteiger partial charge in [0, 0.05) is 25.3 Å². The van der Waals surface area contributed by atoms with E-state index in [1.54, 1.807) is 19.2 Å². The molecule has 0 aromatic heterocycles. The third-order valence-corrected chi connectivity index (χ3v) is 2.69. The molecule has 1 aromatic carbocycles. The summed E-state index contributed by atoms with van der Waals surface area (Å²) in [5.41, 5.74) is 0.616. The van der Waals surface area contributed by atoms with Crippen LogP contribution >= 0.6 is 0 Å². The molecule has 0 fully saturated rings. The number of phenols is 1. The number of phenolic OH excluding ortho intramolecular Hbond substituents is 1. The van der Waals surface area contributed by atoms with Crippen LogP contribution in [0, 0.1) is 0 Å². The predicted molar refractivity (Wildman–Crippen MR) is 72.1 cm³/mol. The fourth-order valence-electron chi connectivity index (χ4n) is 1.77. The van der Waals surface area contributed by atoms with E-state index in [0.29, 0.717) is 13.2 Å². The number of rotatable bonds is 7. The summed E-state index contributed by atoms with van der Waals surface area (Å²) >= 11 is 0. The van der Waals surface area contributed by atoms with Gasteiger partial charge in [0.25, 0.3) is 0 Å². The van der Waals surface area contributed by atoms with Crippen LogP contribution in [0.4, 0.5) is 0 Å². The third-order valence-electron chi connectivity index (χ3n) is 2.69. The summed E-state index contributed by atoms with van der Waals surface area (Å²) in [5, 5.41) is 13.0. The van der Waals surface area contributed by atoms with Gasteiger partial charge in [-0.1, -0.05) is 0 Å². The molecule has 0 spiro atoms. The molecule has 0 aliphatic carbocycles. The van der Waals surface area contributed by atoms with Crippen LogP contribution in [0.3, 0.4) is 0 Å². The van der Waals surface area contributed by atoms with E-state index in [-0.39, 0.29) is 11.4 Å². The lowest BCUT2D eigenvalue weighted by atomic mass is 10.1. The van der Waals surface area contributed by atoms with Gasteiger partial charge in [0.2, 0.25) is 0 Å². The number of hydrogen-bond acceptors (Lipinski definition) is 4. The second kappa shape index (κ2) is 6.61. The summed E-state index contributed by atoms with van der Waals surface area (Å²) in [5.74, 6) is 1.02. The van der Waals surface area contributed by atoms with E-state index in [0.717, 1.165) is 17.9 Å². The van der Waals surface area contributed by atoms with Gasteiger partial charge in [0.15, 0.2) is 0 Å². The Labute approximate surface area is 109 Å². The first kappa shape index (κ1) is 14.8. The van der Waals surface area contributed by atoms with Crippen molar-refractivity contribution in [2.24, 2.45) is 0 Å². The number of aromatic hydroxyl groups is 1. The molecule has 0 saturated heterocycles. The number of ether oxygens (including phenoxy) is 2. The zero-order valence-electron chi connectivity index (χ0n) is 11.6. The predicted octanol–water partition coefficient (Wildman–Crippen LogP) is 2.31. The van der Waals surface area contributed by atoms with Crippen molar-refractivity contribution >= 4 is 0 Å². The van der Waals surface area contributed by atoms with Crippen molar-refractivity contribution in [3.8, 4) is 11.5 Å². The summed E-state index contributed by atoms with van der Waals surface area (Å²) in [6.07, 6.45) is 0. The highest BCUT2D eigenvalue weighted by Gasteiger charge is 2.16. The Morgan fingerprint density at radius 2 is 2.06 bits per heavy atom. The third kappa shape index (κ3) is 4.55. The van der Waals surface area contributed by atoms with Crippen molar-refractivity contribution in [3.05, 3.63) is 23.8 Å². The van der Waals surface area contributed by atoms with Gasteiger partial charge in [-0.25, -0.2) is 0 Å². The fraction of sp³-hybridized carbons (Fsp3) is 0.571. The van der Waals surface area contributed by atoms with Crippen LogP contribution in [0.25, 0.3) is 0 Å². The Hall–Kier alpha value is -1.26. The molecule has 102 valence electrons. The maximum atomic E-state index is 9.74. The molecule has 0 saturated carbocycles. The van der Waals surface area contributed by atoms with Crippen LogP contribution in [0.2, 0.25) is 0 Å². The molecule has 0 aliphatic heterocycles. The van der Waals surface area contributed by atoms with Crippen molar-refractivity contribution in [2.45, 2.75) is 32.9 Å². The standard InChI is InChI=1S/C14H23NO3/c1-5-18-14(2,3)10-15-9-11-8-12(17-4)6-7-13(11)16/h6-8,15-16H,5,9-10H2,1-4H3. The van der Waals surface area contributed by atoms with Crippen molar-refractivity contribution in [2.75, 3.05) is 20.3 Å². The summed E-state index contributed by atoms with van der Waals surface area (Å²) in [6.45, 7) is 8.05. The molecular formula is C14H23NO3. The van der Waals surface area contributed by atoms with Crippen LogP contribution in [-0.4, -0.2) is 31.0 Å². The minimum Gasteiger partial charge on any atom is -0.508 e. The lowest BCUT2D eigenvalue weighted by molar-refractivity contribution is -0.00900. The van der Waals surface area contributed by atoms with Crippen LogP contribution < -0.4 is 10.1 Å². The molecule has 18 heavy (non-hydrogen) atoms. The first-order valence-corrected chi connectivity index (χ1v) is 6.19. The second-order valence-electron chi connectivity index (χ2n) is 4.79. The molecule has 0 atom stereocenters. The van der Waals surface area contributed by atoms with Crippen LogP contribution in [0.15, 0.2) is 18.2 Å². The molecule has 0 bridgehead atoms. The number of nitrogens with one attached hydrogen (secondary N) is 1. The minimum absolute atomic E-state index is 0.205. The molecular weight excluding hydrogens is 230 g/mol. The molecule has 0 aliphatic rings. The van der Waals surface area contributed by atoms with E-state index < -0.39 is 0 Å². The Morgan fingerprint density at radius 3 is 2.67 bits per heavy atom. The van der Waals surface area contributed by atoms with E-state index in [1.165, 1.54) is 0 Å². The van der Waals surface area contributed by atoms with Crippen molar-refractivity contribution in [3.63, 3.8) is 0 Å². The summed E-state index contributed by atoms with van der Waals surface area (Å²) in [7, 11) is 1.61. The Morgan fingerprint density at radius 1 is 1.33 bits per heavy atom. The minimum atomic E-state index is -0.205. The highest BCUT2D eigenvalue weighted by molar-refractivity contribution is 5.39. The summed E-state index contributed by atoms with van der Waals surface area (Å²) in [6, 6.07) is 5.21. The highest BCUT2D eigenvalue weighted by atomic mass is 16.5. The van der Waals surface area contributed by atoms with E-state index in [9.17, 15) is 5.11 Å². The molecule has 4 heteroatoms. The van der Waals surface area contributed by atoms with Gasteiger partial charge in [-0.05, 0) is 39.0 Å². The van der Waals surface area contributed by atoms with Gasteiger partial charge in [-0.3, -0.25) is 0 Å². The maximum absolute atomic E-state index is 9.74. The maximum Gasteiger partial charge on any atom is 0.120 e. The smallest absolute Gasteiger partial charge is 0.120 e. The average molecular weight is 253 g/mol. The number of benzene rings is 1. The molecule has 0 unspecified atom stereocenters. The largest absolute Gasteiger partial charge is 0.508 e. The molecule has 4 nitrogen and oxygen atoms in total. The Kier molecular flexibility index (Phi) is 5.44. The topological polar surface area (TPSA) is 50.7 Å². The fourth-order valence-corrected chi connectivity index (χ4v) is 1.77. The Balaban J connectivity index is 2.53. The van der Waals surface area contributed by atoms with Crippen molar-refractivity contribution < 1.29 is 14.6 Å². The van der Waals surface area contributed by atoms with Gasteiger partial charge in [0.05, 0.1) is 12.7 Å². The Bertz CT molecular complexity index is 377. The van der Waals surface area contributed by atoms with Gasteiger partial charge in [-0.2, -0.15) is 0 Å². The highest BCUT2D eigenvalue weighted by Crippen LogP contribution is 2.22. The number of hydrogen-bond donors (Lipinski definition) is 2. The SMILES string of the molecule is CCOC(C)(C)CNCc1cc(OC)ccc1O. The van der Waals surface area contributed by atoms with E-state index in [2.05, 4.69) is 5.32 Å². The number of methoxy groups -OCH3 is 1. The van der Waals surface area contributed by atoms with E-state index in [4.69, 9.17) is 9.47 Å². The normalized spacial score (nSPS) is 11.6. The lowest BCUT2D eigenvalue weighted by Gasteiger charge is -2.25. The quantitative estimate of drug-likeness (QED) is 0.783. The van der Waals surface area contributed by atoms with Crippen molar-refractivity contribution in [1.82, 2.24) is 5.32 Å². The van der Waals surface area contributed by atoms with Crippen molar-refractivity contribution in [1.29, 1.82) is 0 Å². The van der Waals surface area contributed by atoms with Crippen LogP contribution in [0.5, 0.6) is 11.5 Å². The van der Waals surface area contributed by atoms with Gasteiger partial charge in [0.1, 0.15) is 11.5 Å². The van der Waals surface area contributed by atoms with Crippen LogP contribution in [0.1, 0.15) is 26.3 Å².